The van der Waals surface area contributed by atoms with Gasteiger partial charge in [0.1, 0.15) is 17.2 Å². The highest BCUT2D eigenvalue weighted by Crippen LogP contribution is 2.22. The number of benzene rings is 1. The minimum atomic E-state index is -0.859. The largest absolute Gasteiger partial charge is 0.337 e. The summed E-state index contributed by atoms with van der Waals surface area (Å²) in [6.45, 7) is 0.780. The van der Waals surface area contributed by atoms with Gasteiger partial charge in [-0.1, -0.05) is 15.9 Å². The Morgan fingerprint density at radius 3 is 2.39 bits per heavy atom. The van der Waals surface area contributed by atoms with Gasteiger partial charge in [0, 0.05) is 23.6 Å². The third kappa shape index (κ3) is 2.99. The molecule has 0 aromatic heterocycles. The third-order valence-electron chi connectivity index (χ3n) is 2.73. The predicted octanol–water partition coefficient (Wildman–Crippen LogP) is 2.32. The number of amides is 1. The van der Waals surface area contributed by atoms with Gasteiger partial charge in [-0.15, -0.1) is 12.4 Å². The van der Waals surface area contributed by atoms with E-state index >= 15 is 0 Å². The van der Waals surface area contributed by atoms with E-state index in [-0.39, 0.29) is 22.9 Å². The van der Waals surface area contributed by atoms with Crippen LogP contribution in [0.4, 0.5) is 8.78 Å². The Kier molecular flexibility index (Phi) is 5.07. The quantitative estimate of drug-likeness (QED) is 0.852. The molecule has 1 fully saturated rings. The van der Waals surface area contributed by atoms with E-state index in [1.165, 1.54) is 4.90 Å². The Bertz CT molecular complexity index is 449. The average Bonchev–Trinajstić information content (AvgIpc) is 2.63. The summed E-state index contributed by atoms with van der Waals surface area (Å²) in [5, 5.41) is 0. The molecular weight excluding hydrogens is 329 g/mol. The minimum Gasteiger partial charge on any atom is -0.337 e. The first-order valence-electron chi connectivity index (χ1n) is 5.18. The second kappa shape index (κ2) is 5.95. The maximum absolute atomic E-state index is 13.6. The summed E-state index contributed by atoms with van der Waals surface area (Å²) in [5.74, 6) is -2.36. The van der Waals surface area contributed by atoms with Crippen LogP contribution in [0.2, 0.25) is 0 Å². The Morgan fingerprint density at radius 1 is 1.39 bits per heavy atom. The summed E-state index contributed by atoms with van der Waals surface area (Å²) in [6, 6.07) is 2.04. The number of rotatable bonds is 1. The molecule has 18 heavy (non-hydrogen) atoms. The molecule has 1 aromatic carbocycles. The number of hydrogen-bond acceptors (Lipinski definition) is 2. The van der Waals surface area contributed by atoms with E-state index in [1.807, 2.05) is 0 Å². The Labute approximate surface area is 118 Å². The molecule has 100 valence electrons. The van der Waals surface area contributed by atoms with Crippen LogP contribution in [-0.4, -0.2) is 29.9 Å². The van der Waals surface area contributed by atoms with Crippen LogP contribution in [0, 0.1) is 11.6 Å². The standard InChI is InChI=1S/C11H11BrF2N2O.ClH/c12-6-3-8(13)10(9(14)4-6)11(17)16-2-1-7(15)5-16;/h3-4,7H,1-2,5,15H2;1H. The zero-order valence-electron chi connectivity index (χ0n) is 9.33. The molecule has 3 nitrogen and oxygen atoms in total. The SMILES string of the molecule is Cl.NC1CCN(C(=O)c2c(F)cc(Br)cc2F)C1. The van der Waals surface area contributed by atoms with E-state index in [4.69, 9.17) is 5.73 Å². The molecular formula is C11H12BrClF2N2O. The van der Waals surface area contributed by atoms with Gasteiger partial charge in [-0.2, -0.15) is 0 Å². The summed E-state index contributed by atoms with van der Waals surface area (Å²) in [7, 11) is 0. The Hall–Kier alpha value is -0.720. The normalized spacial score (nSPS) is 18.7. The molecule has 0 spiro atoms. The second-order valence-electron chi connectivity index (χ2n) is 4.04. The van der Waals surface area contributed by atoms with Gasteiger partial charge >= 0.3 is 0 Å². The molecule has 1 atom stereocenters. The summed E-state index contributed by atoms with van der Waals surface area (Å²) >= 11 is 2.96. The topological polar surface area (TPSA) is 46.3 Å². The zero-order valence-corrected chi connectivity index (χ0v) is 11.7. The molecule has 7 heteroatoms. The predicted molar refractivity (Wildman–Crippen MR) is 69.8 cm³/mol. The van der Waals surface area contributed by atoms with Crippen molar-refractivity contribution in [2.24, 2.45) is 5.73 Å². The van der Waals surface area contributed by atoms with Crippen molar-refractivity contribution in [2.45, 2.75) is 12.5 Å². The van der Waals surface area contributed by atoms with Gasteiger partial charge in [-0.05, 0) is 18.6 Å². The maximum Gasteiger partial charge on any atom is 0.259 e. The lowest BCUT2D eigenvalue weighted by Crippen LogP contribution is -2.33. The van der Waals surface area contributed by atoms with Gasteiger partial charge in [-0.25, -0.2) is 8.78 Å². The number of likely N-dealkylation sites (tertiary alicyclic amines) is 1. The van der Waals surface area contributed by atoms with E-state index in [0.29, 0.717) is 19.5 Å². The summed E-state index contributed by atoms with van der Waals surface area (Å²) in [5.41, 5.74) is 5.14. The van der Waals surface area contributed by atoms with Gasteiger partial charge in [-0.3, -0.25) is 4.79 Å². The van der Waals surface area contributed by atoms with Crippen LogP contribution in [0.5, 0.6) is 0 Å². The number of halogens is 4. The first kappa shape index (κ1) is 15.3. The van der Waals surface area contributed by atoms with Crippen LogP contribution in [0.15, 0.2) is 16.6 Å². The van der Waals surface area contributed by atoms with Crippen molar-refractivity contribution in [3.05, 3.63) is 33.8 Å². The van der Waals surface area contributed by atoms with Crippen molar-refractivity contribution in [1.29, 1.82) is 0 Å². The van der Waals surface area contributed by atoms with Gasteiger partial charge < -0.3 is 10.6 Å². The highest BCUT2D eigenvalue weighted by molar-refractivity contribution is 9.10. The van der Waals surface area contributed by atoms with Gasteiger partial charge in [0.05, 0.1) is 0 Å². The van der Waals surface area contributed by atoms with Crippen LogP contribution >= 0.6 is 28.3 Å². The van der Waals surface area contributed by atoms with Crippen molar-refractivity contribution in [1.82, 2.24) is 4.90 Å². The van der Waals surface area contributed by atoms with Crippen LogP contribution in [0.25, 0.3) is 0 Å². The summed E-state index contributed by atoms with van der Waals surface area (Å²) in [6.07, 6.45) is 0.658. The zero-order chi connectivity index (χ0) is 12.6. The molecule has 1 aliphatic heterocycles. The van der Waals surface area contributed by atoms with E-state index in [2.05, 4.69) is 15.9 Å². The molecule has 0 aliphatic carbocycles. The number of carbonyl (C=O) groups is 1. The van der Waals surface area contributed by atoms with Gasteiger partial charge in [0.2, 0.25) is 0 Å². The molecule has 2 rings (SSSR count). The lowest BCUT2D eigenvalue weighted by Gasteiger charge is -2.16. The van der Waals surface area contributed by atoms with Crippen LogP contribution < -0.4 is 5.73 Å². The van der Waals surface area contributed by atoms with Crippen molar-refractivity contribution >= 4 is 34.2 Å². The number of carbonyl (C=O) groups excluding carboxylic acids is 1. The molecule has 2 N–H and O–H groups in total. The summed E-state index contributed by atoms with van der Waals surface area (Å²) in [4.78, 5) is 13.3. The lowest BCUT2D eigenvalue weighted by atomic mass is 10.1. The van der Waals surface area contributed by atoms with Crippen molar-refractivity contribution < 1.29 is 13.6 Å². The van der Waals surface area contributed by atoms with Crippen LogP contribution in [0.3, 0.4) is 0 Å². The minimum absolute atomic E-state index is 0. The van der Waals surface area contributed by atoms with Crippen molar-refractivity contribution in [2.75, 3.05) is 13.1 Å². The second-order valence-corrected chi connectivity index (χ2v) is 4.96. The van der Waals surface area contributed by atoms with E-state index in [1.54, 1.807) is 0 Å². The highest BCUT2D eigenvalue weighted by Gasteiger charge is 2.28. The van der Waals surface area contributed by atoms with Crippen molar-refractivity contribution in [3.8, 4) is 0 Å². The molecule has 1 aliphatic rings. The maximum atomic E-state index is 13.6. The molecule has 1 aromatic rings. The number of nitrogens with zero attached hydrogens (tertiary/aromatic N) is 1. The Balaban J connectivity index is 0.00000162. The van der Waals surface area contributed by atoms with Gasteiger partial charge in [0.25, 0.3) is 5.91 Å². The molecule has 1 saturated heterocycles. The molecule has 0 bridgehead atoms. The summed E-state index contributed by atoms with van der Waals surface area (Å²) < 4.78 is 27.4. The van der Waals surface area contributed by atoms with E-state index in [9.17, 15) is 13.6 Å². The average molecular weight is 342 g/mol. The van der Waals surface area contributed by atoms with Crippen molar-refractivity contribution in [3.63, 3.8) is 0 Å². The van der Waals surface area contributed by atoms with Crippen LogP contribution in [-0.2, 0) is 0 Å². The number of nitrogens with two attached hydrogens (primary N) is 1. The number of hydrogen-bond donors (Lipinski definition) is 1. The molecule has 1 amide bonds. The lowest BCUT2D eigenvalue weighted by molar-refractivity contribution is 0.0781. The fourth-order valence-electron chi connectivity index (χ4n) is 1.88. The molecule has 0 radical (unpaired) electrons. The van der Waals surface area contributed by atoms with Crippen LogP contribution in [0.1, 0.15) is 16.8 Å². The smallest absolute Gasteiger partial charge is 0.259 e. The fraction of sp³-hybridized carbons (Fsp3) is 0.364. The van der Waals surface area contributed by atoms with Gasteiger partial charge in [0.15, 0.2) is 0 Å². The fourth-order valence-corrected chi connectivity index (χ4v) is 2.28. The molecule has 1 unspecified atom stereocenters. The van der Waals surface area contributed by atoms with E-state index < -0.39 is 23.1 Å². The first-order chi connectivity index (χ1) is 7.99. The monoisotopic (exact) mass is 340 g/mol. The molecule has 0 saturated carbocycles. The Morgan fingerprint density at radius 2 is 1.94 bits per heavy atom. The first-order valence-corrected chi connectivity index (χ1v) is 5.97. The highest BCUT2D eigenvalue weighted by atomic mass is 79.9. The third-order valence-corrected chi connectivity index (χ3v) is 3.19. The molecule has 1 heterocycles. The van der Waals surface area contributed by atoms with E-state index in [0.717, 1.165) is 12.1 Å².